The van der Waals surface area contributed by atoms with Crippen molar-refractivity contribution in [1.29, 1.82) is 0 Å². The zero-order valence-corrected chi connectivity index (χ0v) is 7.31. The van der Waals surface area contributed by atoms with E-state index < -0.39 is 0 Å². The predicted octanol–water partition coefficient (Wildman–Crippen LogP) is 0.521. The Labute approximate surface area is 68.5 Å². The van der Waals surface area contributed by atoms with E-state index in [0.29, 0.717) is 5.75 Å². The van der Waals surface area contributed by atoms with E-state index in [0.717, 1.165) is 17.4 Å². The molecule has 0 aromatic heterocycles. The monoisotopic (exact) mass is 148 g/mol. The van der Waals surface area contributed by atoms with Gasteiger partial charge in [0.2, 0.25) is 0 Å². The molecule has 2 heteroatoms. The minimum Gasteiger partial charge on any atom is -0.508 e. The van der Waals surface area contributed by atoms with E-state index in [1.54, 1.807) is 0 Å². The minimum absolute atomic E-state index is 0.433. The summed E-state index contributed by atoms with van der Waals surface area (Å²) in [4.78, 5) is 0. The lowest BCUT2D eigenvalue weighted by Gasteiger charge is -2.05. The lowest BCUT2D eigenvalue weighted by atomic mass is 9.90. The van der Waals surface area contributed by atoms with Crippen LogP contribution >= 0.6 is 0 Å². The minimum atomic E-state index is 0.433. The summed E-state index contributed by atoms with van der Waals surface area (Å²) in [5, 5.41) is 9.43. The van der Waals surface area contributed by atoms with Crippen molar-refractivity contribution in [3.8, 4) is 5.75 Å². The van der Waals surface area contributed by atoms with Crippen molar-refractivity contribution in [1.82, 2.24) is 0 Å². The van der Waals surface area contributed by atoms with Crippen LogP contribution in [0, 0.1) is 6.92 Å². The zero-order valence-electron chi connectivity index (χ0n) is 7.31. The standard InChI is InChI=1S/C9H13BO/c1-3-7-4-6(2)9(11)8(10)5-7/h4-5,11H,3,10H2,1-2H3. The molecule has 1 aromatic carbocycles. The van der Waals surface area contributed by atoms with Gasteiger partial charge in [-0.05, 0) is 29.9 Å². The van der Waals surface area contributed by atoms with Crippen LogP contribution in [0.5, 0.6) is 5.75 Å². The molecular formula is C9H13BO. The van der Waals surface area contributed by atoms with E-state index in [2.05, 4.69) is 6.92 Å². The van der Waals surface area contributed by atoms with E-state index in [1.165, 1.54) is 5.56 Å². The fourth-order valence-electron chi connectivity index (χ4n) is 1.25. The molecule has 0 aliphatic carbocycles. The van der Waals surface area contributed by atoms with E-state index in [9.17, 15) is 5.11 Å². The van der Waals surface area contributed by atoms with Gasteiger partial charge < -0.3 is 5.11 Å². The van der Waals surface area contributed by atoms with Crippen LogP contribution in [-0.4, -0.2) is 13.0 Å². The van der Waals surface area contributed by atoms with Gasteiger partial charge in [0, 0.05) is 0 Å². The molecule has 0 unspecified atom stereocenters. The van der Waals surface area contributed by atoms with Gasteiger partial charge in [0.25, 0.3) is 0 Å². The van der Waals surface area contributed by atoms with Crippen LogP contribution in [0.25, 0.3) is 0 Å². The molecule has 58 valence electrons. The largest absolute Gasteiger partial charge is 0.508 e. The molecule has 0 bridgehead atoms. The summed E-state index contributed by atoms with van der Waals surface area (Å²) in [6.45, 7) is 4.05. The van der Waals surface area contributed by atoms with Crippen LogP contribution in [0.4, 0.5) is 0 Å². The summed E-state index contributed by atoms with van der Waals surface area (Å²) in [6, 6.07) is 4.06. The van der Waals surface area contributed by atoms with E-state index in [4.69, 9.17) is 0 Å². The van der Waals surface area contributed by atoms with Gasteiger partial charge in [-0.1, -0.05) is 19.1 Å². The Balaban J connectivity index is 3.21. The van der Waals surface area contributed by atoms with Crippen molar-refractivity contribution < 1.29 is 5.11 Å². The smallest absolute Gasteiger partial charge is 0.144 e. The quantitative estimate of drug-likeness (QED) is 0.575. The second kappa shape index (κ2) is 2.99. The fourth-order valence-corrected chi connectivity index (χ4v) is 1.25. The van der Waals surface area contributed by atoms with Crippen molar-refractivity contribution in [2.75, 3.05) is 0 Å². The van der Waals surface area contributed by atoms with Crippen LogP contribution in [0.15, 0.2) is 12.1 Å². The molecule has 1 nitrogen and oxygen atoms in total. The molecule has 1 rings (SSSR count). The van der Waals surface area contributed by atoms with E-state index >= 15 is 0 Å². The third kappa shape index (κ3) is 1.56. The maximum absolute atomic E-state index is 9.43. The Morgan fingerprint density at radius 3 is 2.55 bits per heavy atom. The van der Waals surface area contributed by atoms with Gasteiger partial charge in [0.1, 0.15) is 13.6 Å². The molecule has 11 heavy (non-hydrogen) atoms. The van der Waals surface area contributed by atoms with Crippen molar-refractivity contribution in [3.63, 3.8) is 0 Å². The number of hydrogen-bond donors (Lipinski definition) is 1. The first kappa shape index (κ1) is 8.18. The van der Waals surface area contributed by atoms with Crippen molar-refractivity contribution in [2.24, 2.45) is 0 Å². The molecule has 0 saturated heterocycles. The summed E-state index contributed by atoms with van der Waals surface area (Å²) in [7, 11) is 1.93. The van der Waals surface area contributed by atoms with Gasteiger partial charge in [-0.15, -0.1) is 0 Å². The molecule has 1 N–H and O–H groups in total. The number of hydrogen-bond acceptors (Lipinski definition) is 1. The topological polar surface area (TPSA) is 20.2 Å². The van der Waals surface area contributed by atoms with Crippen LogP contribution in [0.1, 0.15) is 18.1 Å². The summed E-state index contributed by atoms with van der Waals surface area (Å²) in [6.07, 6.45) is 1.03. The average Bonchev–Trinajstić information content (AvgIpc) is 1.99. The maximum Gasteiger partial charge on any atom is 0.144 e. The zero-order chi connectivity index (χ0) is 8.43. The Morgan fingerprint density at radius 2 is 2.09 bits per heavy atom. The number of aryl methyl sites for hydroxylation is 2. The van der Waals surface area contributed by atoms with Gasteiger partial charge in [0.05, 0.1) is 0 Å². The highest BCUT2D eigenvalue weighted by Crippen LogP contribution is 2.14. The third-order valence-electron chi connectivity index (χ3n) is 1.96. The second-order valence-corrected chi connectivity index (χ2v) is 2.93. The SMILES string of the molecule is Bc1cc(CC)cc(C)c1O. The van der Waals surface area contributed by atoms with Gasteiger partial charge in [-0.25, -0.2) is 0 Å². The number of phenols is 1. The van der Waals surface area contributed by atoms with Gasteiger partial charge in [-0.2, -0.15) is 0 Å². The van der Waals surface area contributed by atoms with Gasteiger partial charge >= 0.3 is 0 Å². The van der Waals surface area contributed by atoms with E-state index in [-0.39, 0.29) is 0 Å². The molecule has 0 heterocycles. The molecule has 0 aliphatic rings. The highest BCUT2D eigenvalue weighted by atomic mass is 16.3. The van der Waals surface area contributed by atoms with Crippen molar-refractivity contribution in [2.45, 2.75) is 20.3 Å². The molecule has 0 amide bonds. The number of aromatic hydroxyl groups is 1. The average molecular weight is 148 g/mol. The molecule has 1 aromatic rings. The Hall–Kier alpha value is -0.915. The highest BCUT2D eigenvalue weighted by molar-refractivity contribution is 6.34. The highest BCUT2D eigenvalue weighted by Gasteiger charge is 2.00. The Morgan fingerprint density at radius 1 is 1.45 bits per heavy atom. The second-order valence-electron chi connectivity index (χ2n) is 2.93. The van der Waals surface area contributed by atoms with Crippen molar-refractivity contribution in [3.05, 3.63) is 23.3 Å². The lowest BCUT2D eigenvalue weighted by molar-refractivity contribution is 0.475. The first-order valence-corrected chi connectivity index (χ1v) is 3.94. The summed E-state index contributed by atoms with van der Waals surface area (Å²) in [5.74, 6) is 0.433. The summed E-state index contributed by atoms with van der Waals surface area (Å²) < 4.78 is 0. The van der Waals surface area contributed by atoms with Crippen molar-refractivity contribution >= 4 is 13.3 Å². The Kier molecular flexibility index (Phi) is 2.23. The van der Waals surface area contributed by atoms with Crippen LogP contribution in [0.2, 0.25) is 0 Å². The molecule has 0 fully saturated rings. The summed E-state index contributed by atoms with van der Waals surface area (Å²) >= 11 is 0. The predicted molar refractivity (Wildman–Crippen MR) is 50.4 cm³/mol. The summed E-state index contributed by atoms with van der Waals surface area (Å²) in [5.41, 5.74) is 3.24. The molecule has 0 atom stereocenters. The third-order valence-corrected chi connectivity index (χ3v) is 1.96. The fraction of sp³-hybridized carbons (Fsp3) is 0.333. The van der Waals surface area contributed by atoms with Crippen LogP contribution < -0.4 is 5.46 Å². The normalized spacial score (nSPS) is 10.0. The molecule has 0 saturated carbocycles. The number of benzene rings is 1. The molecule has 0 radical (unpaired) electrons. The molecular weight excluding hydrogens is 135 g/mol. The first-order valence-electron chi connectivity index (χ1n) is 3.94. The van der Waals surface area contributed by atoms with Crippen LogP contribution in [0.3, 0.4) is 0 Å². The van der Waals surface area contributed by atoms with Crippen LogP contribution in [-0.2, 0) is 6.42 Å². The lowest BCUT2D eigenvalue weighted by Crippen LogP contribution is -2.05. The first-order chi connectivity index (χ1) is 5.15. The Bertz CT molecular complexity index is 245. The van der Waals surface area contributed by atoms with Gasteiger partial charge in [0.15, 0.2) is 0 Å². The number of phenolic OH excluding ortho intramolecular Hbond substituents is 1. The van der Waals surface area contributed by atoms with Gasteiger partial charge in [-0.3, -0.25) is 0 Å². The molecule has 0 aliphatic heterocycles. The maximum atomic E-state index is 9.43. The number of rotatable bonds is 1. The molecule has 0 spiro atoms. The van der Waals surface area contributed by atoms with E-state index in [1.807, 2.05) is 26.9 Å².